The molecule has 0 heterocycles. The van der Waals surface area contributed by atoms with Gasteiger partial charge in [-0.05, 0) is 77.0 Å². The molecule has 0 spiro atoms. The van der Waals surface area contributed by atoms with Gasteiger partial charge in [0.15, 0.2) is 6.10 Å². The molecule has 0 bridgehead atoms. The number of allylic oxidation sites excluding steroid dienone is 8. The quantitative estimate of drug-likeness (QED) is 0.0217. The van der Waals surface area contributed by atoms with Gasteiger partial charge in [-0.3, -0.25) is 18.6 Å². The maximum atomic E-state index is 12.6. The number of carbonyl (C=O) groups is 2. The van der Waals surface area contributed by atoms with Crippen LogP contribution in [-0.2, 0) is 32.7 Å². The zero-order valence-corrected chi connectivity index (χ0v) is 36.1. The maximum absolute atomic E-state index is 12.6. The van der Waals surface area contributed by atoms with Crippen LogP contribution in [0.1, 0.15) is 168 Å². The number of carbonyl (C=O) groups excluding carboxylic acids is 2. The van der Waals surface area contributed by atoms with Gasteiger partial charge in [0, 0.05) is 12.8 Å². The van der Waals surface area contributed by atoms with E-state index >= 15 is 0 Å². The molecule has 0 amide bonds. The Morgan fingerprint density at radius 2 is 1.00 bits per heavy atom. The van der Waals surface area contributed by atoms with Gasteiger partial charge in [0.1, 0.15) is 19.8 Å². The monoisotopic (exact) mass is 783 g/mol. The van der Waals surface area contributed by atoms with E-state index in [0.29, 0.717) is 23.9 Å². The average Bonchev–Trinajstić information content (AvgIpc) is 3.12. The van der Waals surface area contributed by atoms with Crippen molar-refractivity contribution in [3.63, 3.8) is 0 Å². The molecule has 0 fully saturated rings. The lowest BCUT2D eigenvalue weighted by Gasteiger charge is -2.24. The number of ether oxygens (including phenoxy) is 2. The second-order valence-electron chi connectivity index (χ2n) is 15.4. The van der Waals surface area contributed by atoms with Crippen molar-refractivity contribution < 1.29 is 42.1 Å². The van der Waals surface area contributed by atoms with E-state index in [1.807, 2.05) is 21.1 Å². The molecule has 10 heteroatoms. The van der Waals surface area contributed by atoms with Crippen LogP contribution in [-0.4, -0.2) is 74.9 Å². The van der Waals surface area contributed by atoms with Crippen molar-refractivity contribution >= 4 is 19.8 Å². The lowest BCUT2D eigenvalue weighted by Crippen LogP contribution is -2.37. The molecule has 0 saturated carbocycles. The van der Waals surface area contributed by atoms with Crippen molar-refractivity contribution in [1.29, 1.82) is 0 Å². The molecular weight excluding hydrogens is 701 g/mol. The minimum Gasteiger partial charge on any atom is -0.462 e. The van der Waals surface area contributed by atoms with E-state index in [2.05, 4.69) is 62.5 Å². The van der Waals surface area contributed by atoms with Gasteiger partial charge < -0.3 is 18.9 Å². The van der Waals surface area contributed by atoms with Crippen molar-refractivity contribution in [1.82, 2.24) is 0 Å². The Hall–Kier alpha value is -2.03. The number of rotatable bonds is 38. The normalized spacial score (nSPS) is 14.1. The summed E-state index contributed by atoms with van der Waals surface area (Å²) < 4.78 is 34.2. The summed E-state index contributed by atoms with van der Waals surface area (Å²) in [6.45, 7) is 4.32. The van der Waals surface area contributed by atoms with E-state index in [1.165, 1.54) is 70.6 Å². The molecule has 0 aliphatic carbocycles. The standard InChI is InChI=1S/C44H80NO8P/c1-6-8-10-12-14-16-18-20-22-24-26-28-30-32-34-36-43(46)50-40-42(41-52-54(48,49)51-39-38-45(3,4)5)53-44(47)37-35-33-31-29-27-25-23-21-19-17-15-13-11-9-7-2/h15,17,21,23-24,26-27,29,42H,6-14,16,18-20,22,25,28,30-41H2,1-5H3/p+1/b17-15+,23-21+,26-24+,29-27+/t42-/m1/s1. The summed E-state index contributed by atoms with van der Waals surface area (Å²) in [6.07, 6.45) is 41.6. The van der Waals surface area contributed by atoms with Crippen LogP contribution in [0.5, 0.6) is 0 Å². The molecule has 2 atom stereocenters. The molecule has 0 radical (unpaired) electrons. The molecule has 0 rings (SSSR count). The van der Waals surface area contributed by atoms with Gasteiger partial charge in [-0.2, -0.15) is 0 Å². The average molecular weight is 783 g/mol. The molecule has 9 nitrogen and oxygen atoms in total. The van der Waals surface area contributed by atoms with Gasteiger partial charge in [-0.15, -0.1) is 0 Å². The van der Waals surface area contributed by atoms with Crippen molar-refractivity contribution in [3.05, 3.63) is 48.6 Å². The third-order valence-corrected chi connectivity index (χ3v) is 9.82. The Morgan fingerprint density at radius 3 is 1.57 bits per heavy atom. The minimum absolute atomic E-state index is 0.0209. The van der Waals surface area contributed by atoms with E-state index in [1.54, 1.807) is 0 Å². The molecule has 1 unspecified atom stereocenters. The van der Waals surface area contributed by atoms with Gasteiger partial charge in [-0.25, -0.2) is 4.57 Å². The summed E-state index contributed by atoms with van der Waals surface area (Å²) in [5, 5.41) is 0. The van der Waals surface area contributed by atoms with Crippen LogP contribution in [0.3, 0.4) is 0 Å². The highest BCUT2D eigenvalue weighted by Gasteiger charge is 2.27. The van der Waals surface area contributed by atoms with E-state index in [4.69, 9.17) is 18.5 Å². The Kier molecular flexibility index (Phi) is 35.2. The van der Waals surface area contributed by atoms with Crippen molar-refractivity contribution in [3.8, 4) is 0 Å². The number of hydrogen-bond donors (Lipinski definition) is 1. The zero-order chi connectivity index (χ0) is 40.0. The van der Waals surface area contributed by atoms with Crippen LogP contribution in [0.4, 0.5) is 0 Å². The number of quaternary nitrogens is 1. The molecule has 1 N–H and O–H groups in total. The van der Waals surface area contributed by atoms with Crippen LogP contribution in [0.15, 0.2) is 48.6 Å². The predicted molar refractivity (Wildman–Crippen MR) is 224 cm³/mol. The SMILES string of the molecule is CCCCC/C=C/C/C=C/C/C=C/CCCCC(=O)O[C@H](COC(=O)CCCCC/C=C/CCCCCCCCCC)COP(=O)(O)OCC[N+](C)(C)C. The number of phosphoric acid groups is 1. The first-order valence-corrected chi connectivity index (χ1v) is 22.9. The van der Waals surface area contributed by atoms with Crippen LogP contribution in [0.2, 0.25) is 0 Å². The molecule has 54 heavy (non-hydrogen) atoms. The van der Waals surface area contributed by atoms with E-state index < -0.39 is 32.5 Å². The lowest BCUT2D eigenvalue weighted by atomic mass is 10.1. The van der Waals surface area contributed by atoms with Gasteiger partial charge in [0.05, 0.1) is 27.7 Å². The van der Waals surface area contributed by atoms with Gasteiger partial charge in [0.25, 0.3) is 0 Å². The largest absolute Gasteiger partial charge is 0.472 e. The lowest BCUT2D eigenvalue weighted by molar-refractivity contribution is -0.870. The zero-order valence-electron chi connectivity index (χ0n) is 35.2. The maximum Gasteiger partial charge on any atom is 0.472 e. The highest BCUT2D eigenvalue weighted by molar-refractivity contribution is 7.47. The minimum atomic E-state index is -4.39. The summed E-state index contributed by atoms with van der Waals surface area (Å²) in [4.78, 5) is 35.3. The van der Waals surface area contributed by atoms with Gasteiger partial charge in [0.2, 0.25) is 0 Å². The van der Waals surface area contributed by atoms with E-state index in [-0.39, 0.29) is 26.1 Å². The Morgan fingerprint density at radius 1 is 0.574 bits per heavy atom. The van der Waals surface area contributed by atoms with Gasteiger partial charge in [-0.1, -0.05) is 127 Å². The number of esters is 2. The molecular formula is C44H81NO8P+. The van der Waals surface area contributed by atoms with E-state index in [9.17, 15) is 19.0 Å². The summed E-state index contributed by atoms with van der Waals surface area (Å²) >= 11 is 0. The summed E-state index contributed by atoms with van der Waals surface area (Å²) in [7, 11) is 1.44. The van der Waals surface area contributed by atoms with E-state index in [0.717, 1.165) is 57.8 Å². The Bertz CT molecular complexity index is 1070. The molecule has 0 aromatic carbocycles. The van der Waals surface area contributed by atoms with Crippen molar-refractivity contribution in [2.24, 2.45) is 0 Å². The van der Waals surface area contributed by atoms with Crippen molar-refractivity contribution in [2.45, 2.75) is 174 Å². The Labute approximate surface area is 331 Å². The first kappa shape index (κ1) is 52.0. The van der Waals surface area contributed by atoms with Crippen molar-refractivity contribution in [2.75, 3.05) is 47.5 Å². The molecule has 0 aromatic rings. The summed E-state index contributed by atoms with van der Waals surface area (Å²) in [5.74, 6) is -0.864. The highest BCUT2D eigenvalue weighted by atomic mass is 31.2. The molecule has 0 aliphatic heterocycles. The molecule has 314 valence electrons. The Balaban J connectivity index is 4.48. The topological polar surface area (TPSA) is 108 Å². The second-order valence-corrected chi connectivity index (χ2v) is 16.8. The fourth-order valence-corrected chi connectivity index (χ4v) is 6.17. The fraction of sp³-hybridized carbons (Fsp3) is 0.773. The summed E-state index contributed by atoms with van der Waals surface area (Å²) in [6, 6.07) is 0. The molecule has 0 saturated heterocycles. The number of phosphoric ester groups is 1. The third-order valence-electron chi connectivity index (χ3n) is 8.83. The first-order chi connectivity index (χ1) is 26.0. The van der Waals surface area contributed by atoms with Crippen LogP contribution >= 0.6 is 7.82 Å². The highest BCUT2D eigenvalue weighted by Crippen LogP contribution is 2.43. The third kappa shape index (κ3) is 39.7. The smallest absolute Gasteiger partial charge is 0.462 e. The molecule has 0 aliphatic rings. The van der Waals surface area contributed by atoms with Crippen LogP contribution < -0.4 is 0 Å². The van der Waals surface area contributed by atoms with Crippen LogP contribution in [0, 0.1) is 0 Å². The fourth-order valence-electron chi connectivity index (χ4n) is 5.43. The number of hydrogen-bond acceptors (Lipinski definition) is 7. The number of unbranched alkanes of at least 4 members (excludes halogenated alkanes) is 16. The number of likely N-dealkylation sites (N-methyl/N-ethyl adjacent to an activating group) is 1. The first-order valence-electron chi connectivity index (χ1n) is 21.4. The van der Waals surface area contributed by atoms with Crippen LogP contribution in [0.25, 0.3) is 0 Å². The number of nitrogens with zero attached hydrogens (tertiary/aromatic N) is 1. The second kappa shape index (κ2) is 36.6. The molecule has 0 aromatic heterocycles. The predicted octanol–water partition coefficient (Wildman–Crippen LogP) is 11.9. The summed E-state index contributed by atoms with van der Waals surface area (Å²) in [5.41, 5.74) is 0. The van der Waals surface area contributed by atoms with Gasteiger partial charge >= 0.3 is 19.8 Å².